The molecule has 0 amide bonds. The van der Waals surface area contributed by atoms with Crippen molar-refractivity contribution >= 4 is 21.7 Å². The van der Waals surface area contributed by atoms with Crippen molar-refractivity contribution in [1.82, 2.24) is 0 Å². The van der Waals surface area contributed by atoms with E-state index in [1.165, 1.54) is 7.11 Å². The van der Waals surface area contributed by atoms with Gasteiger partial charge >= 0.3 is 0 Å². The van der Waals surface area contributed by atoms with Crippen LogP contribution in [0.4, 0.5) is 0 Å². The van der Waals surface area contributed by atoms with Crippen molar-refractivity contribution in [2.45, 2.75) is 6.10 Å². The summed E-state index contributed by atoms with van der Waals surface area (Å²) in [7, 11) is 1.47. The van der Waals surface area contributed by atoms with Gasteiger partial charge in [-0.3, -0.25) is 4.79 Å². The molecule has 106 valence electrons. The predicted molar refractivity (Wildman–Crippen MR) is 81.5 cm³/mol. The van der Waals surface area contributed by atoms with Crippen LogP contribution in [-0.4, -0.2) is 19.0 Å². The van der Waals surface area contributed by atoms with Gasteiger partial charge in [-0.15, -0.1) is 0 Å². The Hall–Kier alpha value is -2.32. The normalized spacial score (nSPS) is 11.3. The molecule has 5 heteroatoms. The monoisotopic (exact) mass is 345 g/mol. The zero-order valence-electron chi connectivity index (χ0n) is 11.2. The largest absolute Gasteiger partial charge is 0.495 e. The molecule has 21 heavy (non-hydrogen) atoms. The van der Waals surface area contributed by atoms with Gasteiger partial charge in [0.15, 0.2) is 0 Å². The highest BCUT2D eigenvalue weighted by Gasteiger charge is 2.25. The molecular formula is C16H12BrNO3. The summed E-state index contributed by atoms with van der Waals surface area (Å²) in [6.45, 7) is 0. The first kappa shape index (κ1) is 15.1. The number of ketones is 1. The van der Waals surface area contributed by atoms with Gasteiger partial charge in [-0.25, -0.2) is 0 Å². The average molecular weight is 346 g/mol. The van der Waals surface area contributed by atoms with Crippen LogP contribution in [0.3, 0.4) is 0 Å². The van der Waals surface area contributed by atoms with E-state index in [4.69, 9.17) is 9.47 Å². The van der Waals surface area contributed by atoms with Crippen LogP contribution in [0.2, 0.25) is 0 Å². The molecule has 2 rings (SSSR count). The Morgan fingerprint density at radius 3 is 2.52 bits per heavy atom. The van der Waals surface area contributed by atoms with Gasteiger partial charge in [0.05, 0.1) is 17.1 Å². The summed E-state index contributed by atoms with van der Waals surface area (Å²) in [6.07, 6.45) is -1.23. The standard InChI is InChI=1S/C16H12BrNO3/c1-20-16-12(8-5-9-13(16)17)15(19)14(10-18)21-11-6-3-2-4-7-11/h2-9,14H,1H3. The fraction of sp³-hybridized carbons (Fsp3) is 0.125. The summed E-state index contributed by atoms with van der Waals surface area (Å²) in [5, 5.41) is 9.20. The molecule has 0 bridgehead atoms. The summed E-state index contributed by atoms with van der Waals surface area (Å²) >= 11 is 3.31. The van der Waals surface area contributed by atoms with E-state index in [2.05, 4.69) is 15.9 Å². The quantitative estimate of drug-likeness (QED) is 0.776. The van der Waals surface area contributed by atoms with Crippen LogP contribution >= 0.6 is 15.9 Å². The average Bonchev–Trinajstić information content (AvgIpc) is 2.52. The number of hydrogen-bond acceptors (Lipinski definition) is 4. The van der Waals surface area contributed by atoms with E-state index in [1.807, 2.05) is 12.1 Å². The maximum atomic E-state index is 12.5. The molecule has 1 atom stereocenters. The van der Waals surface area contributed by atoms with Crippen LogP contribution in [0.25, 0.3) is 0 Å². The molecular weight excluding hydrogens is 334 g/mol. The second-order valence-electron chi connectivity index (χ2n) is 4.12. The molecule has 0 aliphatic heterocycles. The third-order valence-electron chi connectivity index (χ3n) is 2.79. The Morgan fingerprint density at radius 1 is 1.19 bits per heavy atom. The highest BCUT2D eigenvalue weighted by molar-refractivity contribution is 9.10. The third kappa shape index (κ3) is 3.41. The lowest BCUT2D eigenvalue weighted by Crippen LogP contribution is -2.26. The van der Waals surface area contributed by atoms with E-state index >= 15 is 0 Å². The van der Waals surface area contributed by atoms with E-state index in [1.54, 1.807) is 42.5 Å². The molecule has 2 aromatic rings. The molecule has 0 radical (unpaired) electrons. The van der Waals surface area contributed by atoms with Crippen LogP contribution in [0.1, 0.15) is 10.4 Å². The van der Waals surface area contributed by atoms with Gasteiger partial charge in [-0.2, -0.15) is 5.26 Å². The number of methoxy groups -OCH3 is 1. The van der Waals surface area contributed by atoms with Crippen molar-refractivity contribution in [3.8, 4) is 17.6 Å². The van der Waals surface area contributed by atoms with Crippen molar-refractivity contribution < 1.29 is 14.3 Å². The lowest BCUT2D eigenvalue weighted by atomic mass is 10.1. The van der Waals surface area contributed by atoms with Gasteiger partial charge < -0.3 is 9.47 Å². The minimum absolute atomic E-state index is 0.300. The topological polar surface area (TPSA) is 59.3 Å². The summed E-state index contributed by atoms with van der Waals surface area (Å²) < 4.78 is 11.3. The molecule has 0 spiro atoms. The van der Waals surface area contributed by atoms with Crippen molar-refractivity contribution in [2.24, 2.45) is 0 Å². The van der Waals surface area contributed by atoms with Crippen LogP contribution in [0.5, 0.6) is 11.5 Å². The first-order chi connectivity index (χ1) is 10.2. The molecule has 0 saturated carbocycles. The molecule has 2 aromatic carbocycles. The number of ether oxygens (including phenoxy) is 2. The number of nitriles is 1. The molecule has 0 aromatic heterocycles. The highest BCUT2D eigenvalue weighted by atomic mass is 79.9. The molecule has 0 aliphatic carbocycles. The highest BCUT2D eigenvalue weighted by Crippen LogP contribution is 2.30. The number of hydrogen-bond donors (Lipinski definition) is 0. The number of rotatable bonds is 5. The van der Waals surface area contributed by atoms with E-state index in [9.17, 15) is 10.1 Å². The fourth-order valence-electron chi connectivity index (χ4n) is 1.83. The number of halogens is 1. The smallest absolute Gasteiger partial charge is 0.246 e. The number of nitrogens with zero attached hydrogens (tertiary/aromatic N) is 1. The van der Waals surface area contributed by atoms with Crippen LogP contribution in [0.15, 0.2) is 53.0 Å². The minimum atomic E-state index is -1.23. The second-order valence-corrected chi connectivity index (χ2v) is 4.98. The van der Waals surface area contributed by atoms with Gasteiger partial charge in [0.2, 0.25) is 11.9 Å². The number of carbonyl (C=O) groups excluding carboxylic acids is 1. The van der Waals surface area contributed by atoms with Gasteiger partial charge in [0.1, 0.15) is 17.6 Å². The summed E-state index contributed by atoms with van der Waals surface area (Å²) in [6, 6.07) is 15.7. The molecule has 0 fully saturated rings. The van der Waals surface area contributed by atoms with Gasteiger partial charge in [-0.1, -0.05) is 24.3 Å². The van der Waals surface area contributed by atoms with Crippen molar-refractivity contribution in [2.75, 3.05) is 7.11 Å². The molecule has 0 heterocycles. The number of benzene rings is 2. The second kappa shape index (κ2) is 6.91. The van der Waals surface area contributed by atoms with Gasteiger partial charge in [0, 0.05) is 0 Å². The summed E-state index contributed by atoms with van der Waals surface area (Å²) in [4.78, 5) is 12.5. The molecule has 0 N–H and O–H groups in total. The minimum Gasteiger partial charge on any atom is -0.495 e. The molecule has 1 unspecified atom stereocenters. The number of Topliss-reactive ketones (excluding diaryl/α,β-unsaturated/α-hetero) is 1. The fourth-order valence-corrected chi connectivity index (χ4v) is 2.35. The maximum absolute atomic E-state index is 12.5. The molecule has 4 nitrogen and oxygen atoms in total. The number of carbonyl (C=O) groups is 1. The Labute approximate surface area is 131 Å². The van der Waals surface area contributed by atoms with Crippen LogP contribution in [0, 0.1) is 11.3 Å². The van der Waals surface area contributed by atoms with E-state index in [0.717, 1.165) is 0 Å². The van der Waals surface area contributed by atoms with E-state index in [-0.39, 0.29) is 0 Å². The zero-order chi connectivity index (χ0) is 15.2. The van der Waals surface area contributed by atoms with Gasteiger partial charge in [-0.05, 0) is 40.2 Å². The van der Waals surface area contributed by atoms with Crippen LogP contribution in [-0.2, 0) is 0 Å². The Kier molecular flexibility index (Phi) is 4.96. The Bertz CT molecular complexity index is 680. The third-order valence-corrected chi connectivity index (χ3v) is 3.41. The SMILES string of the molecule is COc1c(Br)cccc1C(=O)C(C#N)Oc1ccccc1. The predicted octanol–water partition coefficient (Wildman–Crippen LogP) is 3.61. The Morgan fingerprint density at radius 2 is 1.90 bits per heavy atom. The lowest BCUT2D eigenvalue weighted by Gasteiger charge is -2.14. The van der Waals surface area contributed by atoms with Crippen LogP contribution < -0.4 is 9.47 Å². The maximum Gasteiger partial charge on any atom is 0.246 e. The van der Waals surface area contributed by atoms with Gasteiger partial charge in [0.25, 0.3) is 0 Å². The lowest BCUT2D eigenvalue weighted by molar-refractivity contribution is 0.0856. The molecule has 0 saturated heterocycles. The first-order valence-corrected chi connectivity index (χ1v) is 6.94. The number of para-hydroxylation sites is 2. The van der Waals surface area contributed by atoms with Crippen molar-refractivity contribution in [3.05, 3.63) is 58.6 Å². The van der Waals surface area contributed by atoms with E-state index < -0.39 is 11.9 Å². The Balaban J connectivity index is 2.30. The first-order valence-electron chi connectivity index (χ1n) is 6.15. The van der Waals surface area contributed by atoms with Crippen molar-refractivity contribution in [3.63, 3.8) is 0 Å². The summed E-state index contributed by atoms with van der Waals surface area (Å²) in [5.41, 5.74) is 0.300. The zero-order valence-corrected chi connectivity index (χ0v) is 12.8. The molecule has 0 aliphatic rings. The van der Waals surface area contributed by atoms with E-state index in [0.29, 0.717) is 21.5 Å². The summed E-state index contributed by atoms with van der Waals surface area (Å²) in [5.74, 6) is 0.408. The van der Waals surface area contributed by atoms with Crippen molar-refractivity contribution in [1.29, 1.82) is 5.26 Å².